The van der Waals surface area contributed by atoms with Gasteiger partial charge in [-0.3, -0.25) is 0 Å². The minimum Gasteiger partial charge on any atom is -0.391 e. The number of aliphatic hydroxyl groups excluding tert-OH is 1. The van der Waals surface area contributed by atoms with Gasteiger partial charge < -0.3 is 15.3 Å². The Hall–Kier alpha value is -2.94. The SMILES string of the molecule is Cc1nc(N[C@H](C)c2cccc(C(F)(F)F)c2F)c2cc(N3CC[C@H](O)C3)c3c(c2n1)CCC3. The molecule has 34 heavy (non-hydrogen) atoms. The molecule has 0 saturated carbocycles. The van der Waals surface area contributed by atoms with Gasteiger partial charge in [-0.2, -0.15) is 13.2 Å². The topological polar surface area (TPSA) is 61.3 Å². The largest absolute Gasteiger partial charge is 0.419 e. The van der Waals surface area contributed by atoms with Crippen molar-refractivity contribution in [1.29, 1.82) is 0 Å². The fraction of sp³-hybridized carbons (Fsp3) is 0.440. The molecule has 3 aromatic rings. The lowest BCUT2D eigenvalue weighted by atomic mass is 10.0. The molecule has 2 aliphatic rings. The molecule has 5 nitrogen and oxygen atoms in total. The van der Waals surface area contributed by atoms with E-state index in [1.165, 1.54) is 17.7 Å². The normalized spacial score (nSPS) is 19.0. The number of aryl methyl sites for hydroxylation is 2. The highest BCUT2D eigenvalue weighted by molar-refractivity contribution is 5.96. The zero-order chi connectivity index (χ0) is 24.2. The van der Waals surface area contributed by atoms with Crippen LogP contribution in [0.15, 0.2) is 24.3 Å². The smallest absolute Gasteiger partial charge is 0.391 e. The molecule has 1 fully saturated rings. The summed E-state index contributed by atoms with van der Waals surface area (Å²) in [5.74, 6) is -0.287. The maximum atomic E-state index is 14.8. The van der Waals surface area contributed by atoms with Crippen molar-refractivity contribution in [3.63, 3.8) is 0 Å². The van der Waals surface area contributed by atoms with E-state index in [2.05, 4.69) is 15.2 Å². The van der Waals surface area contributed by atoms with E-state index < -0.39 is 23.6 Å². The molecule has 0 unspecified atom stereocenters. The molecule has 5 rings (SSSR count). The predicted molar refractivity (Wildman–Crippen MR) is 123 cm³/mol. The third-order valence-electron chi connectivity index (χ3n) is 6.81. The van der Waals surface area contributed by atoms with E-state index in [1.807, 2.05) is 6.07 Å². The zero-order valence-corrected chi connectivity index (χ0v) is 19.0. The highest BCUT2D eigenvalue weighted by Gasteiger charge is 2.35. The molecule has 2 N–H and O–H groups in total. The van der Waals surface area contributed by atoms with E-state index in [4.69, 9.17) is 4.98 Å². The highest BCUT2D eigenvalue weighted by atomic mass is 19.4. The second-order valence-electron chi connectivity index (χ2n) is 9.18. The fourth-order valence-corrected chi connectivity index (χ4v) is 5.20. The van der Waals surface area contributed by atoms with Crippen LogP contribution in [0.3, 0.4) is 0 Å². The van der Waals surface area contributed by atoms with Crippen molar-refractivity contribution < 1.29 is 22.7 Å². The third-order valence-corrected chi connectivity index (χ3v) is 6.81. The molecule has 1 aliphatic carbocycles. The van der Waals surface area contributed by atoms with Gasteiger partial charge in [0.1, 0.15) is 17.5 Å². The molecular weight excluding hydrogens is 448 g/mol. The average Bonchev–Trinajstić information content (AvgIpc) is 3.42. The first-order chi connectivity index (χ1) is 16.1. The van der Waals surface area contributed by atoms with E-state index in [0.29, 0.717) is 24.6 Å². The number of hydrogen-bond acceptors (Lipinski definition) is 5. The van der Waals surface area contributed by atoms with Crippen molar-refractivity contribution >= 4 is 22.4 Å². The first kappa shape index (κ1) is 22.8. The molecule has 180 valence electrons. The Kier molecular flexibility index (Phi) is 5.62. The van der Waals surface area contributed by atoms with Crippen molar-refractivity contribution in [2.24, 2.45) is 0 Å². The first-order valence-electron chi connectivity index (χ1n) is 11.5. The van der Waals surface area contributed by atoms with Crippen LogP contribution in [-0.2, 0) is 19.0 Å². The van der Waals surface area contributed by atoms with Crippen LogP contribution in [0.4, 0.5) is 29.1 Å². The second-order valence-corrected chi connectivity index (χ2v) is 9.18. The maximum absolute atomic E-state index is 14.8. The standard InChI is InChI=1S/C25H26F4N4O/c1-13(16-5-4-8-20(22(16)26)25(27,28)29)30-24-19-11-21(33-10-9-15(34)12-33)17-6-3-7-18(17)23(19)31-14(2)32-24/h4-5,8,11,13,15,34H,3,6-7,9-10,12H2,1-2H3,(H,30,31,32)/t13-,15+/m1/s1. The van der Waals surface area contributed by atoms with Crippen LogP contribution in [-0.4, -0.2) is 34.3 Å². The minimum atomic E-state index is -4.77. The Morgan fingerprint density at radius 3 is 2.65 bits per heavy atom. The number of β-amino-alcohol motifs (C(OH)–C–C–N with tert-alkyl or cyclic N) is 1. The number of halogens is 4. The number of nitrogens with one attached hydrogen (secondary N) is 1. The number of aliphatic hydroxyl groups is 1. The van der Waals surface area contributed by atoms with Crippen molar-refractivity contribution in [2.45, 2.75) is 57.9 Å². The molecule has 1 saturated heterocycles. The van der Waals surface area contributed by atoms with Gasteiger partial charge in [0, 0.05) is 29.7 Å². The van der Waals surface area contributed by atoms with Gasteiger partial charge >= 0.3 is 6.18 Å². The van der Waals surface area contributed by atoms with E-state index >= 15 is 0 Å². The van der Waals surface area contributed by atoms with Gasteiger partial charge in [0.15, 0.2) is 0 Å². The van der Waals surface area contributed by atoms with Crippen LogP contribution in [0, 0.1) is 12.7 Å². The molecule has 0 spiro atoms. The Balaban J connectivity index is 1.59. The van der Waals surface area contributed by atoms with Gasteiger partial charge in [-0.15, -0.1) is 0 Å². The summed E-state index contributed by atoms with van der Waals surface area (Å²) in [6, 6.07) is 4.56. The summed E-state index contributed by atoms with van der Waals surface area (Å²) in [7, 11) is 0. The van der Waals surface area contributed by atoms with Crippen molar-refractivity contribution in [3.8, 4) is 0 Å². The number of aromatic nitrogens is 2. The highest BCUT2D eigenvalue weighted by Crippen LogP contribution is 2.41. The van der Waals surface area contributed by atoms with Crippen LogP contribution in [0.2, 0.25) is 0 Å². The summed E-state index contributed by atoms with van der Waals surface area (Å²) < 4.78 is 54.4. The van der Waals surface area contributed by atoms with Crippen LogP contribution >= 0.6 is 0 Å². The maximum Gasteiger partial charge on any atom is 0.419 e. The first-order valence-corrected chi connectivity index (χ1v) is 11.5. The summed E-state index contributed by atoms with van der Waals surface area (Å²) in [6.07, 6.45) is -1.62. The number of anilines is 2. The number of rotatable bonds is 4. The lowest BCUT2D eigenvalue weighted by Crippen LogP contribution is -2.22. The van der Waals surface area contributed by atoms with Crippen molar-refractivity contribution in [1.82, 2.24) is 9.97 Å². The molecule has 1 aliphatic heterocycles. The Morgan fingerprint density at radius 1 is 1.18 bits per heavy atom. The van der Waals surface area contributed by atoms with Gasteiger partial charge in [-0.25, -0.2) is 14.4 Å². The molecule has 0 bridgehead atoms. The number of alkyl halides is 3. The van der Waals surface area contributed by atoms with Gasteiger partial charge in [0.05, 0.1) is 23.2 Å². The van der Waals surface area contributed by atoms with E-state index in [-0.39, 0.29) is 11.7 Å². The van der Waals surface area contributed by atoms with E-state index in [9.17, 15) is 22.7 Å². The Labute approximate surface area is 194 Å². The third kappa shape index (κ3) is 3.96. The van der Waals surface area contributed by atoms with E-state index in [0.717, 1.165) is 54.0 Å². The Morgan fingerprint density at radius 2 is 1.94 bits per heavy atom. The fourth-order valence-electron chi connectivity index (χ4n) is 5.20. The van der Waals surface area contributed by atoms with E-state index in [1.54, 1.807) is 13.8 Å². The molecule has 2 atom stereocenters. The molecule has 0 amide bonds. The lowest BCUT2D eigenvalue weighted by molar-refractivity contribution is -0.140. The zero-order valence-electron chi connectivity index (χ0n) is 19.0. The monoisotopic (exact) mass is 474 g/mol. The quantitative estimate of drug-likeness (QED) is 0.501. The van der Waals surface area contributed by atoms with Gasteiger partial charge in [-0.05, 0) is 62.8 Å². The summed E-state index contributed by atoms with van der Waals surface area (Å²) in [5.41, 5.74) is 2.90. The molecule has 2 heterocycles. The van der Waals surface area contributed by atoms with Gasteiger partial charge in [-0.1, -0.05) is 12.1 Å². The summed E-state index contributed by atoms with van der Waals surface area (Å²) in [4.78, 5) is 11.4. The van der Waals surface area contributed by atoms with Crippen LogP contribution in [0.5, 0.6) is 0 Å². The van der Waals surface area contributed by atoms with Crippen LogP contribution in [0.1, 0.15) is 53.9 Å². The Bertz CT molecular complexity index is 1260. The molecule has 1 aromatic heterocycles. The molecular formula is C25H26F4N4O. The predicted octanol–water partition coefficient (Wildman–Crippen LogP) is 5.33. The van der Waals surface area contributed by atoms with Gasteiger partial charge in [0.2, 0.25) is 0 Å². The summed E-state index contributed by atoms with van der Waals surface area (Å²) >= 11 is 0. The number of hydrogen-bond donors (Lipinski definition) is 2. The van der Waals surface area contributed by atoms with Crippen molar-refractivity contribution in [3.05, 3.63) is 58.2 Å². The lowest BCUT2D eigenvalue weighted by Gasteiger charge is -2.24. The molecule has 2 aromatic carbocycles. The van der Waals surface area contributed by atoms with Crippen LogP contribution in [0.25, 0.3) is 10.9 Å². The number of nitrogens with zero attached hydrogens (tertiary/aromatic N) is 3. The number of benzene rings is 2. The molecule has 0 radical (unpaired) electrons. The molecule has 9 heteroatoms. The van der Waals surface area contributed by atoms with Gasteiger partial charge in [0.25, 0.3) is 0 Å². The second kappa shape index (κ2) is 8.37. The minimum absolute atomic E-state index is 0.0803. The summed E-state index contributed by atoms with van der Waals surface area (Å²) in [6.45, 7) is 4.69. The van der Waals surface area contributed by atoms with Crippen molar-refractivity contribution in [2.75, 3.05) is 23.3 Å². The number of fused-ring (bicyclic) bond motifs is 3. The summed E-state index contributed by atoms with van der Waals surface area (Å²) in [5, 5.41) is 14.0. The van der Waals surface area contributed by atoms with Crippen LogP contribution < -0.4 is 10.2 Å². The average molecular weight is 475 g/mol.